The Morgan fingerprint density at radius 3 is 3.05 bits per heavy atom. The van der Waals surface area contributed by atoms with Crippen LogP contribution in [0.1, 0.15) is 15.2 Å². The second kappa shape index (κ2) is 6.29. The van der Waals surface area contributed by atoms with E-state index < -0.39 is 5.97 Å². The van der Waals surface area contributed by atoms with Crippen molar-refractivity contribution in [2.45, 2.75) is 6.42 Å². The first kappa shape index (κ1) is 13.5. The molecule has 0 aliphatic carbocycles. The fraction of sp³-hybridized carbons (Fsp3) is 0.308. The number of ether oxygens (including phenoxy) is 1. The molecule has 0 aliphatic rings. The number of thiophene rings is 1. The molecule has 2 aromatic heterocycles. The third kappa shape index (κ3) is 3.29. The van der Waals surface area contributed by atoms with E-state index in [4.69, 9.17) is 4.74 Å². The number of methoxy groups -OCH3 is 1. The molecule has 0 atom stereocenters. The van der Waals surface area contributed by atoms with E-state index in [0.717, 1.165) is 13.0 Å². The Morgan fingerprint density at radius 2 is 2.37 bits per heavy atom. The minimum absolute atomic E-state index is 0.388. The van der Waals surface area contributed by atoms with Crippen molar-refractivity contribution in [2.24, 2.45) is 0 Å². The molecular weight excluding hydrogens is 262 g/mol. The van der Waals surface area contributed by atoms with Gasteiger partial charge in [-0.1, -0.05) is 6.07 Å². The monoisotopic (exact) mass is 277 g/mol. The van der Waals surface area contributed by atoms with Crippen molar-refractivity contribution < 1.29 is 9.53 Å². The highest BCUT2D eigenvalue weighted by molar-refractivity contribution is 7.09. The lowest BCUT2D eigenvalue weighted by Gasteiger charge is -2.19. The van der Waals surface area contributed by atoms with Crippen molar-refractivity contribution in [2.75, 3.05) is 25.6 Å². The maximum absolute atomic E-state index is 11.6. The molecular formula is C13H15N3O2S. The number of rotatable bonds is 5. The summed E-state index contributed by atoms with van der Waals surface area (Å²) < 4.78 is 4.73. The summed E-state index contributed by atoms with van der Waals surface area (Å²) in [6.45, 7) is 0.779. The molecule has 100 valence electrons. The summed E-state index contributed by atoms with van der Waals surface area (Å²) >= 11 is 1.72. The Balaban J connectivity index is 2.10. The summed E-state index contributed by atoms with van der Waals surface area (Å²) in [5.74, 6) is 0.178. The molecule has 0 aliphatic heterocycles. The van der Waals surface area contributed by atoms with Crippen molar-refractivity contribution in [1.29, 1.82) is 0 Å². The van der Waals surface area contributed by atoms with Crippen LogP contribution in [0.25, 0.3) is 0 Å². The summed E-state index contributed by atoms with van der Waals surface area (Å²) in [5.41, 5.74) is 0.388. The van der Waals surface area contributed by atoms with E-state index >= 15 is 0 Å². The molecule has 0 radical (unpaired) electrons. The molecule has 0 aromatic carbocycles. The van der Waals surface area contributed by atoms with E-state index in [0.29, 0.717) is 11.4 Å². The van der Waals surface area contributed by atoms with Crippen LogP contribution in [-0.2, 0) is 11.2 Å². The van der Waals surface area contributed by atoms with Crippen LogP contribution in [0.4, 0.5) is 5.82 Å². The second-order valence-corrected chi connectivity index (χ2v) is 5.03. The van der Waals surface area contributed by atoms with Crippen LogP contribution in [0.15, 0.2) is 30.0 Å². The van der Waals surface area contributed by atoms with Crippen LogP contribution in [0, 0.1) is 0 Å². The van der Waals surface area contributed by atoms with Gasteiger partial charge >= 0.3 is 5.97 Å². The number of carbonyl (C=O) groups excluding carboxylic acids is 1. The van der Waals surface area contributed by atoms with Gasteiger partial charge in [-0.3, -0.25) is 0 Å². The number of anilines is 1. The Hall–Kier alpha value is -1.95. The average molecular weight is 277 g/mol. The van der Waals surface area contributed by atoms with Crippen molar-refractivity contribution in [1.82, 2.24) is 9.97 Å². The van der Waals surface area contributed by atoms with Crippen molar-refractivity contribution in [3.63, 3.8) is 0 Å². The first-order valence-electron chi connectivity index (χ1n) is 5.84. The van der Waals surface area contributed by atoms with Crippen molar-refractivity contribution in [3.05, 3.63) is 40.5 Å². The maximum atomic E-state index is 11.6. The highest BCUT2D eigenvalue weighted by Crippen LogP contribution is 2.17. The minimum Gasteiger partial charge on any atom is -0.465 e. The van der Waals surface area contributed by atoms with Gasteiger partial charge in [0.15, 0.2) is 0 Å². The summed E-state index contributed by atoms with van der Waals surface area (Å²) in [7, 11) is 3.26. The van der Waals surface area contributed by atoms with Gasteiger partial charge in [0.1, 0.15) is 17.7 Å². The van der Waals surface area contributed by atoms with E-state index in [9.17, 15) is 4.79 Å². The number of likely N-dealkylation sites (N-methyl/N-ethyl adjacent to an activating group) is 1. The molecule has 0 amide bonds. The lowest BCUT2D eigenvalue weighted by atomic mass is 10.2. The Bertz CT molecular complexity index is 543. The number of hydrogen-bond donors (Lipinski definition) is 0. The largest absolute Gasteiger partial charge is 0.465 e. The van der Waals surface area contributed by atoms with E-state index in [1.807, 2.05) is 18.0 Å². The average Bonchev–Trinajstić information content (AvgIpc) is 2.97. The van der Waals surface area contributed by atoms with Gasteiger partial charge in [-0.15, -0.1) is 11.3 Å². The molecule has 0 N–H and O–H groups in total. The fourth-order valence-corrected chi connectivity index (χ4v) is 2.42. The standard InChI is InChI=1S/C13H15N3O2S/c1-16(6-5-10-4-3-7-19-10)12-11(13(17)18-2)8-14-9-15-12/h3-4,7-9H,5-6H2,1-2H3. The zero-order valence-corrected chi connectivity index (χ0v) is 11.7. The first-order chi connectivity index (χ1) is 9.22. The van der Waals surface area contributed by atoms with Gasteiger partial charge in [0.2, 0.25) is 0 Å². The predicted molar refractivity (Wildman–Crippen MR) is 74.7 cm³/mol. The normalized spacial score (nSPS) is 10.2. The van der Waals surface area contributed by atoms with Crippen molar-refractivity contribution >= 4 is 23.1 Å². The van der Waals surface area contributed by atoms with Gasteiger partial charge in [-0.05, 0) is 17.9 Å². The van der Waals surface area contributed by atoms with Gasteiger partial charge in [0.25, 0.3) is 0 Å². The van der Waals surface area contributed by atoms with Gasteiger partial charge in [0, 0.05) is 24.7 Å². The lowest BCUT2D eigenvalue weighted by Crippen LogP contribution is -2.24. The Kier molecular flexibility index (Phi) is 4.46. The smallest absolute Gasteiger partial charge is 0.343 e. The van der Waals surface area contributed by atoms with Gasteiger partial charge < -0.3 is 9.64 Å². The van der Waals surface area contributed by atoms with Crippen molar-refractivity contribution in [3.8, 4) is 0 Å². The van der Waals surface area contributed by atoms with Gasteiger partial charge in [-0.25, -0.2) is 14.8 Å². The van der Waals surface area contributed by atoms with E-state index in [1.165, 1.54) is 24.5 Å². The first-order valence-corrected chi connectivity index (χ1v) is 6.72. The molecule has 0 saturated heterocycles. The van der Waals surface area contributed by atoms with Crippen LogP contribution in [0.3, 0.4) is 0 Å². The van der Waals surface area contributed by atoms with Crippen LogP contribution in [0.5, 0.6) is 0 Å². The highest BCUT2D eigenvalue weighted by Gasteiger charge is 2.16. The Morgan fingerprint density at radius 1 is 1.53 bits per heavy atom. The van der Waals surface area contributed by atoms with E-state index in [-0.39, 0.29) is 0 Å². The van der Waals surface area contributed by atoms with Crippen LogP contribution in [0.2, 0.25) is 0 Å². The van der Waals surface area contributed by atoms with Gasteiger partial charge in [-0.2, -0.15) is 0 Å². The molecule has 6 heteroatoms. The summed E-state index contributed by atoms with van der Waals surface area (Å²) in [4.78, 5) is 22.9. The fourth-order valence-electron chi connectivity index (χ4n) is 1.72. The maximum Gasteiger partial charge on any atom is 0.343 e. The van der Waals surface area contributed by atoms with Gasteiger partial charge in [0.05, 0.1) is 7.11 Å². The second-order valence-electron chi connectivity index (χ2n) is 4.00. The summed E-state index contributed by atoms with van der Waals surface area (Å²) in [6.07, 6.45) is 3.83. The summed E-state index contributed by atoms with van der Waals surface area (Å²) in [6, 6.07) is 4.13. The molecule has 0 bridgehead atoms. The molecule has 2 rings (SSSR count). The molecule has 0 saturated carbocycles. The summed E-state index contributed by atoms with van der Waals surface area (Å²) in [5, 5.41) is 2.06. The zero-order chi connectivity index (χ0) is 13.7. The van der Waals surface area contributed by atoms with E-state index in [1.54, 1.807) is 11.3 Å². The number of carbonyl (C=O) groups is 1. The molecule has 2 heterocycles. The minimum atomic E-state index is -0.418. The molecule has 5 nitrogen and oxygen atoms in total. The number of aromatic nitrogens is 2. The van der Waals surface area contributed by atoms with E-state index in [2.05, 4.69) is 21.4 Å². The number of esters is 1. The SMILES string of the molecule is COC(=O)c1cncnc1N(C)CCc1cccs1. The topological polar surface area (TPSA) is 55.3 Å². The zero-order valence-electron chi connectivity index (χ0n) is 10.9. The molecule has 0 spiro atoms. The van der Waals surface area contributed by atoms with Crippen LogP contribution < -0.4 is 4.90 Å². The number of nitrogens with zero attached hydrogens (tertiary/aromatic N) is 3. The third-order valence-corrected chi connectivity index (χ3v) is 3.67. The number of hydrogen-bond acceptors (Lipinski definition) is 6. The Labute approximate surface area is 115 Å². The molecule has 0 unspecified atom stereocenters. The lowest BCUT2D eigenvalue weighted by molar-refractivity contribution is 0.0600. The highest BCUT2D eigenvalue weighted by atomic mass is 32.1. The molecule has 19 heavy (non-hydrogen) atoms. The quantitative estimate of drug-likeness (QED) is 0.782. The molecule has 0 fully saturated rings. The predicted octanol–water partition coefficient (Wildman–Crippen LogP) is 2.00. The molecule has 2 aromatic rings. The van der Waals surface area contributed by atoms with Crippen LogP contribution in [-0.4, -0.2) is 36.6 Å². The van der Waals surface area contributed by atoms with Crippen LogP contribution >= 0.6 is 11.3 Å². The third-order valence-electron chi connectivity index (χ3n) is 2.73.